The number of nitrogens with one attached hydrogen (secondary N) is 1. The van der Waals surface area contributed by atoms with Gasteiger partial charge in [-0.05, 0) is 24.5 Å². The van der Waals surface area contributed by atoms with Gasteiger partial charge in [-0.2, -0.15) is 0 Å². The third kappa shape index (κ3) is 3.41. The number of carbonyl (C=O) groups excluding carboxylic acids is 1. The summed E-state index contributed by atoms with van der Waals surface area (Å²) in [6.45, 7) is 1.62. The van der Waals surface area contributed by atoms with E-state index in [0.717, 1.165) is 6.07 Å². The van der Waals surface area contributed by atoms with Crippen molar-refractivity contribution in [3.63, 3.8) is 0 Å². The summed E-state index contributed by atoms with van der Waals surface area (Å²) in [4.78, 5) is 11.1. The third-order valence-electron chi connectivity index (χ3n) is 2.39. The summed E-state index contributed by atoms with van der Waals surface area (Å²) in [6.07, 6.45) is 0.237. The molecule has 92 valence electrons. The highest BCUT2D eigenvalue weighted by atomic mass is 19.2. The monoisotopic (exact) mass is 243 g/mol. The Morgan fingerprint density at radius 3 is 2.35 bits per heavy atom. The van der Waals surface area contributed by atoms with Crippen molar-refractivity contribution in [3.05, 3.63) is 35.1 Å². The maximum atomic E-state index is 13.2. The highest BCUT2D eigenvalue weighted by Gasteiger charge is 2.12. The van der Waals surface area contributed by atoms with Crippen molar-refractivity contribution in [2.45, 2.75) is 26.2 Å². The van der Waals surface area contributed by atoms with E-state index < -0.39 is 17.5 Å². The number of hydrogen-bond donors (Lipinski definition) is 1. The van der Waals surface area contributed by atoms with Crippen LogP contribution in [0.15, 0.2) is 12.1 Å². The van der Waals surface area contributed by atoms with Gasteiger partial charge in [0.05, 0.1) is 5.71 Å². The van der Waals surface area contributed by atoms with Gasteiger partial charge in [0.15, 0.2) is 17.4 Å². The smallest absolute Gasteiger partial charge is 0.176 e. The van der Waals surface area contributed by atoms with Crippen LogP contribution in [0.5, 0.6) is 0 Å². The predicted octanol–water partition coefficient (Wildman–Crippen LogP) is 3.04. The zero-order valence-electron chi connectivity index (χ0n) is 9.32. The van der Waals surface area contributed by atoms with Crippen molar-refractivity contribution in [2.75, 3.05) is 0 Å². The zero-order chi connectivity index (χ0) is 13.0. The molecule has 0 unspecified atom stereocenters. The Bertz CT molecular complexity index is 457. The van der Waals surface area contributed by atoms with Gasteiger partial charge < -0.3 is 5.41 Å². The molecule has 1 rings (SSSR count). The van der Waals surface area contributed by atoms with E-state index in [1.807, 2.05) is 0 Å². The number of ketones is 1. The molecule has 1 aromatic rings. The molecule has 1 aromatic carbocycles. The first-order chi connectivity index (χ1) is 7.95. The van der Waals surface area contributed by atoms with E-state index in [9.17, 15) is 18.0 Å². The molecule has 1 N–H and O–H groups in total. The number of halogens is 3. The van der Waals surface area contributed by atoms with Crippen molar-refractivity contribution in [1.29, 1.82) is 5.41 Å². The molecule has 0 aliphatic rings. The van der Waals surface area contributed by atoms with Crippen molar-refractivity contribution in [3.8, 4) is 0 Å². The molecule has 0 saturated heterocycles. The standard InChI is InChI=1S/C12H12F3NO/c1-2-12(17)11(16)4-3-7-5-9(14)10(15)6-8(7)13/h5-6,16H,2-4H2,1H3. The van der Waals surface area contributed by atoms with E-state index in [0.29, 0.717) is 6.07 Å². The second-order valence-corrected chi connectivity index (χ2v) is 3.61. The minimum Gasteiger partial charge on any atom is -0.302 e. The Morgan fingerprint density at radius 2 is 1.76 bits per heavy atom. The molecule has 2 nitrogen and oxygen atoms in total. The maximum absolute atomic E-state index is 13.2. The van der Waals surface area contributed by atoms with Crippen molar-refractivity contribution in [1.82, 2.24) is 0 Å². The molecule has 0 aliphatic carbocycles. The lowest BCUT2D eigenvalue weighted by atomic mass is 10.0. The lowest BCUT2D eigenvalue weighted by Crippen LogP contribution is -2.12. The normalized spacial score (nSPS) is 10.4. The summed E-state index contributed by atoms with van der Waals surface area (Å²) in [7, 11) is 0. The average Bonchev–Trinajstić information content (AvgIpc) is 2.30. The number of rotatable bonds is 5. The van der Waals surface area contributed by atoms with E-state index in [4.69, 9.17) is 5.41 Å². The van der Waals surface area contributed by atoms with Crippen LogP contribution in [-0.4, -0.2) is 11.5 Å². The van der Waals surface area contributed by atoms with E-state index in [-0.39, 0.29) is 36.3 Å². The Hall–Kier alpha value is -1.65. The van der Waals surface area contributed by atoms with Crippen molar-refractivity contribution in [2.24, 2.45) is 0 Å². The van der Waals surface area contributed by atoms with Gasteiger partial charge in [-0.25, -0.2) is 13.2 Å². The van der Waals surface area contributed by atoms with Gasteiger partial charge in [-0.1, -0.05) is 6.92 Å². The molecule has 0 fully saturated rings. The fourth-order valence-electron chi connectivity index (χ4n) is 1.37. The van der Waals surface area contributed by atoms with Crippen LogP contribution >= 0.6 is 0 Å². The predicted molar refractivity (Wildman–Crippen MR) is 57.7 cm³/mol. The fraction of sp³-hybridized carbons (Fsp3) is 0.333. The molecule has 0 aromatic heterocycles. The van der Waals surface area contributed by atoms with Crippen LogP contribution in [0.2, 0.25) is 0 Å². The molecule has 0 heterocycles. The quantitative estimate of drug-likeness (QED) is 0.626. The van der Waals surface area contributed by atoms with Gasteiger partial charge >= 0.3 is 0 Å². The molecule has 0 bridgehead atoms. The molecule has 0 saturated carbocycles. The van der Waals surface area contributed by atoms with Crippen LogP contribution in [0.25, 0.3) is 0 Å². The summed E-state index contributed by atoms with van der Waals surface area (Å²) >= 11 is 0. The summed E-state index contributed by atoms with van der Waals surface area (Å²) in [5.74, 6) is -3.56. The zero-order valence-corrected chi connectivity index (χ0v) is 9.32. The number of hydrogen-bond acceptors (Lipinski definition) is 2. The van der Waals surface area contributed by atoms with Gasteiger partial charge in [0.2, 0.25) is 0 Å². The lowest BCUT2D eigenvalue weighted by molar-refractivity contribution is -0.112. The van der Waals surface area contributed by atoms with Crippen LogP contribution in [-0.2, 0) is 11.2 Å². The van der Waals surface area contributed by atoms with E-state index in [2.05, 4.69) is 0 Å². The number of benzene rings is 1. The molecular weight excluding hydrogens is 231 g/mol. The Kier molecular flexibility index (Phi) is 4.43. The molecule has 0 amide bonds. The lowest BCUT2D eigenvalue weighted by Gasteiger charge is -2.04. The van der Waals surface area contributed by atoms with Gasteiger partial charge in [0.25, 0.3) is 0 Å². The SMILES string of the molecule is CCC(=O)C(=N)CCc1cc(F)c(F)cc1F. The minimum absolute atomic E-state index is 0.00755. The van der Waals surface area contributed by atoms with E-state index in [1.54, 1.807) is 6.92 Å². The molecule has 0 aliphatic heterocycles. The Morgan fingerprint density at radius 1 is 1.18 bits per heavy atom. The third-order valence-corrected chi connectivity index (χ3v) is 2.39. The van der Waals surface area contributed by atoms with Crippen LogP contribution in [0.1, 0.15) is 25.3 Å². The summed E-state index contributed by atoms with van der Waals surface area (Å²) in [5, 5.41) is 7.37. The summed E-state index contributed by atoms with van der Waals surface area (Å²) < 4.78 is 38.7. The Balaban J connectivity index is 2.73. The first-order valence-corrected chi connectivity index (χ1v) is 5.19. The van der Waals surface area contributed by atoms with Gasteiger partial charge in [0.1, 0.15) is 5.82 Å². The topological polar surface area (TPSA) is 40.9 Å². The van der Waals surface area contributed by atoms with Gasteiger partial charge in [-0.3, -0.25) is 4.79 Å². The largest absolute Gasteiger partial charge is 0.302 e. The maximum Gasteiger partial charge on any atom is 0.176 e. The second-order valence-electron chi connectivity index (χ2n) is 3.61. The van der Waals surface area contributed by atoms with Gasteiger partial charge in [-0.15, -0.1) is 0 Å². The summed E-state index contributed by atoms with van der Waals surface area (Å²) in [6, 6.07) is 1.23. The summed E-state index contributed by atoms with van der Waals surface area (Å²) in [5.41, 5.74) is -0.158. The molecule has 0 spiro atoms. The van der Waals surface area contributed by atoms with Crippen molar-refractivity contribution >= 4 is 11.5 Å². The molecule has 0 radical (unpaired) electrons. The number of carbonyl (C=O) groups is 1. The number of aryl methyl sites for hydroxylation is 1. The van der Waals surface area contributed by atoms with Crippen LogP contribution in [0, 0.1) is 22.9 Å². The first kappa shape index (κ1) is 13.4. The second kappa shape index (κ2) is 5.61. The highest BCUT2D eigenvalue weighted by Crippen LogP contribution is 2.15. The van der Waals surface area contributed by atoms with E-state index >= 15 is 0 Å². The van der Waals surface area contributed by atoms with Crippen LogP contribution in [0.3, 0.4) is 0 Å². The van der Waals surface area contributed by atoms with Gasteiger partial charge in [0, 0.05) is 12.5 Å². The van der Waals surface area contributed by atoms with E-state index in [1.165, 1.54) is 0 Å². The first-order valence-electron chi connectivity index (χ1n) is 5.19. The average molecular weight is 243 g/mol. The number of Topliss-reactive ketones (excluding diaryl/α,β-unsaturated/α-hetero) is 1. The molecular formula is C12H12F3NO. The molecule has 17 heavy (non-hydrogen) atoms. The minimum atomic E-state index is -1.24. The Labute approximate surface area is 97.0 Å². The van der Waals surface area contributed by atoms with Crippen LogP contribution in [0.4, 0.5) is 13.2 Å². The highest BCUT2D eigenvalue weighted by molar-refractivity contribution is 6.38. The fourth-order valence-corrected chi connectivity index (χ4v) is 1.37. The molecule has 5 heteroatoms. The van der Waals surface area contributed by atoms with Crippen molar-refractivity contribution < 1.29 is 18.0 Å². The van der Waals surface area contributed by atoms with Crippen LogP contribution < -0.4 is 0 Å². The molecule has 0 atom stereocenters.